The Kier molecular flexibility index (Phi) is 8.07. The molecule has 0 spiro atoms. The van der Waals surface area contributed by atoms with Gasteiger partial charge in [-0.2, -0.15) is 0 Å². The SMILES string of the molecule is CCOC(=O)CCCCCN1CC(CN)CCC1C. The van der Waals surface area contributed by atoms with Crippen molar-refractivity contribution in [2.45, 2.75) is 58.4 Å². The van der Waals surface area contributed by atoms with Crippen LogP contribution in [0.1, 0.15) is 52.4 Å². The van der Waals surface area contributed by atoms with Gasteiger partial charge in [0.2, 0.25) is 0 Å². The molecule has 0 radical (unpaired) electrons. The highest BCUT2D eigenvalue weighted by Gasteiger charge is 2.23. The molecule has 0 saturated carbocycles. The number of unbranched alkanes of at least 4 members (excludes halogenated alkanes) is 2. The molecule has 4 nitrogen and oxygen atoms in total. The molecule has 4 heteroatoms. The lowest BCUT2D eigenvalue weighted by Gasteiger charge is -2.37. The van der Waals surface area contributed by atoms with Gasteiger partial charge in [-0.3, -0.25) is 4.79 Å². The molecule has 1 heterocycles. The summed E-state index contributed by atoms with van der Waals surface area (Å²) in [5.41, 5.74) is 5.77. The Morgan fingerprint density at radius 3 is 2.79 bits per heavy atom. The largest absolute Gasteiger partial charge is 0.466 e. The second-order valence-corrected chi connectivity index (χ2v) is 5.64. The lowest BCUT2D eigenvalue weighted by molar-refractivity contribution is -0.143. The fraction of sp³-hybridized carbons (Fsp3) is 0.933. The summed E-state index contributed by atoms with van der Waals surface area (Å²) in [5, 5.41) is 0. The average Bonchev–Trinajstić information content (AvgIpc) is 2.40. The third-order valence-electron chi connectivity index (χ3n) is 4.07. The second kappa shape index (κ2) is 9.32. The summed E-state index contributed by atoms with van der Waals surface area (Å²) in [6, 6.07) is 0.688. The van der Waals surface area contributed by atoms with Gasteiger partial charge in [0.15, 0.2) is 0 Å². The van der Waals surface area contributed by atoms with Crippen LogP contribution in [0.5, 0.6) is 0 Å². The van der Waals surface area contributed by atoms with E-state index in [2.05, 4.69) is 11.8 Å². The maximum atomic E-state index is 11.2. The molecule has 0 aliphatic carbocycles. The predicted octanol–water partition coefficient (Wildman–Crippen LogP) is 2.17. The Balaban J connectivity index is 2.09. The summed E-state index contributed by atoms with van der Waals surface area (Å²) < 4.78 is 4.92. The molecule has 0 amide bonds. The molecule has 2 atom stereocenters. The van der Waals surface area contributed by atoms with Gasteiger partial charge in [-0.25, -0.2) is 0 Å². The van der Waals surface area contributed by atoms with E-state index in [1.54, 1.807) is 0 Å². The molecule has 19 heavy (non-hydrogen) atoms. The fourth-order valence-corrected chi connectivity index (χ4v) is 2.76. The van der Waals surface area contributed by atoms with Crippen molar-refractivity contribution in [2.24, 2.45) is 11.7 Å². The minimum absolute atomic E-state index is 0.0583. The summed E-state index contributed by atoms with van der Waals surface area (Å²) in [7, 11) is 0. The maximum absolute atomic E-state index is 11.2. The van der Waals surface area contributed by atoms with Crippen molar-refractivity contribution in [1.82, 2.24) is 4.90 Å². The van der Waals surface area contributed by atoms with E-state index in [1.807, 2.05) is 6.92 Å². The van der Waals surface area contributed by atoms with E-state index < -0.39 is 0 Å². The number of piperidine rings is 1. The minimum atomic E-state index is -0.0583. The van der Waals surface area contributed by atoms with E-state index in [1.165, 1.54) is 19.3 Å². The van der Waals surface area contributed by atoms with Crippen molar-refractivity contribution in [1.29, 1.82) is 0 Å². The van der Waals surface area contributed by atoms with Crippen molar-refractivity contribution >= 4 is 5.97 Å². The third kappa shape index (κ3) is 6.39. The molecule has 2 N–H and O–H groups in total. The van der Waals surface area contributed by atoms with Gasteiger partial charge < -0.3 is 15.4 Å². The normalized spacial score (nSPS) is 24.4. The van der Waals surface area contributed by atoms with Gasteiger partial charge in [0.25, 0.3) is 0 Å². The number of carbonyl (C=O) groups excluding carboxylic acids is 1. The Morgan fingerprint density at radius 2 is 2.11 bits per heavy atom. The molecule has 0 aromatic heterocycles. The van der Waals surface area contributed by atoms with Crippen molar-refractivity contribution in [3.8, 4) is 0 Å². The number of nitrogens with zero attached hydrogens (tertiary/aromatic N) is 1. The quantitative estimate of drug-likeness (QED) is 0.542. The van der Waals surface area contributed by atoms with Gasteiger partial charge in [0.05, 0.1) is 6.61 Å². The smallest absolute Gasteiger partial charge is 0.305 e. The number of nitrogens with two attached hydrogens (primary N) is 1. The Morgan fingerprint density at radius 1 is 1.32 bits per heavy atom. The van der Waals surface area contributed by atoms with Gasteiger partial charge in [-0.15, -0.1) is 0 Å². The van der Waals surface area contributed by atoms with Crippen LogP contribution in [0.25, 0.3) is 0 Å². The molecule has 1 rings (SSSR count). The zero-order valence-corrected chi connectivity index (χ0v) is 12.6. The van der Waals surface area contributed by atoms with Crippen LogP contribution in [0, 0.1) is 5.92 Å². The van der Waals surface area contributed by atoms with Crippen LogP contribution in [-0.4, -0.2) is 43.2 Å². The topological polar surface area (TPSA) is 55.6 Å². The van der Waals surface area contributed by atoms with E-state index in [4.69, 9.17) is 10.5 Å². The zero-order chi connectivity index (χ0) is 14.1. The Bertz CT molecular complexity index is 259. The summed E-state index contributed by atoms with van der Waals surface area (Å²) in [6.07, 6.45) is 6.33. The molecular weight excluding hydrogens is 240 g/mol. The first-order valence-electron chi connectivity index (χ1n) is 7.77. The molecule has 1 aliphatic rings. The first kappa shape index (κ1) is 16.4. The monoisotopic (exact) mass is 270 g/mol. The molecule has 0 aromatic rings. The van der Waals surface area contributed by atoms with E-state index in [-0.39, 0.29) is 5.97 Å². The average molecular weight is 270 g/mol. The van der Waals surface area contributed by atoms with Crippen LogP contribution < -0.4 is 5.73 Å². The van der Waals surface area contributed by atoms with Gasteiger partial charge in [-0.1, -0.05) is 6.42 Å². The van der Waals surface area contributed by atoms with Crippen molar-refractivity contribution in [2.75, 3.05) is 26.2 Å². The first-order chi connectivity index (χ1) is 9.17. The van der Waals surface area contributed by atoms with Gasteiger partial charge in [-0.05, 0) is 58.5 Å². The fourth-order valence-electron chi connectivity index (χ4n) is 2.76. The van der Waals surface area contributed by atoms with E-state index in [0.717, 1.165) is 32.5 Å². The van der Waals surface area contributed by atoms with Crippen molar-refractivity contribution in [3.63, 3.8) is 0 Å². The molecule has 1 saturated heterocycles. The molecule has 2 unspecified atom stereocenters. The standard InChI is InChI=1S/C15H30N2O2/c1-3-19-15(18)7-5-4-6-10-17-12-14(11-16)9-8-13(17)2/h13-14H,3-12,16H2,1-2H3. The van der Waals surface area contributed by atoms with Crippen molar-refractivity contribution in [3.05, 3.63) is 0 Å². The van der Waals surface area contributed by atoms with Crippen LogP contribution >= 0.6 is 0 Å². The van der Waals surface area contributed by atoms with E-state index in [9.17, 15) is 4.79 Å². The lowest BCUT2D eigenvalue weighted by atomic mass is 9.93. The summed E-state index contributed by atoms with van der Waals surface area (Å²) >= 11 is 0. The second-order valence-electron chi connectivity index (χ2n) is 5.64. The number of hydrogen-bond donors (Lipinski definition) is 1. The third-order valence-corrected chi connectivity index (χ3v) is 4.07. The summed E-state index contributed by atoms with van der Waals surface area (Å²) in [5.74, 6) is 0.618. The van der Waals surface area contributed by atoms with E-state index in [0.29, 0.717) is 25.0 Å². The number of hydrogen-bond acceptors (Lipinski definition) is 4. The number of carbonyl (C=O) groups is 1. The van der Waals surface area contributed by atoms with Gasteiger partial charge >= 0.3 is 5.97 Å². The summed E-state index contributed by atoms with van der Waals surface area (Å²) in [6.45, 7) is 7.75. The molecule has 1 fully saturated rings. The Hall–Kier alpha value is -0.610. The zero-order valence-electron chi connectivity index (χ0n) is 12.6. The van der Waals surface area contributed by atoms with E-state index >= 15 is 0 Å². The highest BCUT2D eigenvalue weighted by Crippen LogP contribution is 2.21. The van der Waals surface area contributed by atoms with Crippen LogP contribution in [0.2, 0.25) is 0 Å². The number of ether oxygens (including phenoxy) is 1. The molecule has 112 valence electrons. The number of rotatable bonds is 8. The molecular formula is C15H30N2O2. The van der Waals surface area contributed by atoms with Crippen molar-refractivity contribution < 1.29 is 9.53 Å². The predicted molar refractivity (Wildman–Crippen MR) is 77.9 cm³/mol. The lowest BCUT2D eigenvalue weighted by Crippen LogP contribution is -2.44. The van der Waals surface area contributed by atoms with Crippen LogP contribution in [0.15, 0.2) is 0 Å². The Labute approximate surface area is 117 Å². The maximum Gasteiger partial charge on any atom is 0.305 e. The molecule has 1 aliphatic heterocycles. The number of likely N-dealkylation sites (tertiary alicyclic amines) is 1. The van der Waals surface area contributed by atoms with Gasteiger partial charge in [0.1, 0.15) is 0 Å². The van der Waals surface area contributed by atoms with Crippen LogP contribution in [0.4, 0.5) is 0 Å². The van der Waals surface area contributed by atoms with Gasteiger partial charge in [0, 0.05) is 19.0 Å². The summed E-state index contributed by atoms with van der Waals surface area (Å²) in [4.78, 5) is 13.8. The van der Waals surface area contributed by atoms with Crippen LogP contribution in [-0.2, 0) is 9.53 Å². The van der Waals surface area contributed by atoms with Crippen LogP contribution in [0.3, 0.4) is 0 Å². The molecule has 0 aromatic carbocycles. The minimum Gasteiger partial charge on any atom is -0.466 e. The first-order valence-corrected chi connectivity index (χ1v) is 7.77. The highest BCUT2D eigenvalue weighted by atomic mass is 16.5. The molecule has 0 bridgehead atoms. The highest BCUT2D eigenvalue weighted by molar-refractivity contribution is 5.69. The number of esters is 1.